The molecule has 0 saturated carbocycles. The molecule has 0 bridgehead atoms. The van der Waals surface area contributed by atoms with Gasteiger partial charge in [0.1, 0.15) is 5.01 Å². The van der Waals surface area contributed by atoms with Gasteiger partial charge in [0.15, 0.2) is 5.82 Å². The highest BCUT2D eigenvalue weighted by molar-refractivity contribution is 7.19. The number of amides is 1. The first-order valence-corrected chi connectivity index (χ1v) is 9.15. The summed E-state index contributed by atoms with van der Waals surface area (Å²) >= 11 is 1.46. The molecule has 2 heterocycles. The summed E-state index contributed by atoms with van der Waals surface area (Å²) in [7, 11) is 0. The predicted octanol–water partition coefficient (Wildman–Crippen LogP) is 3.98. The molecule has 1 amide bonds. The van der Waals surface area contributed by atoms with Crippen LogP contribution in [0.1, 0.15) is 28.7 Å². The average Bonchev–Trinajstić information content (AvgIpc) is 3.24. The number of aryl methyl sites for hydroxylation is 2. The maximum atomic E-state index is 12.5. The smallest absolute Gasteiger partial charge is 0.255 e. The molecule has 0 aliphatic rings. The van der Waals surface area contributed by atoms with Crippen LogP contribution in [0, 0.1) is 6.92 Å². The van der Waals surface area contributed by atoms with Gasteiger partial charge in [-0.25, -0.2) is 0 Å². The van der Waals surface area contributed by atoms with Gasteiger partial charge in [-0.15, -0.1) is 10.2 Å². The number of carbonyl (C=O) groups excluding carboxylic acids is 1. The summed E-state index contributed by atoms with van der Waals surface area (Å²) in [6, 6.07) is 15.3. The molecule has 6 nitrogen and oxygen atoms in total. The molecule has 2 aromatic heterocycles. The lowest BCUT2D eigenvalue weighted by Gasteiger charge is -2.07. The number of hydrogen-bond acceptors (Lipinski definition) is 5. The molecular weight excluding hydrogens is 346 g/mol. The second-order valence-corrected chi connectivity index (χ2v) is 6.89. The van der Waals surface area contributed by atoms with Gasteiger partial charge in [0, 0.05) is 16.8 Å². The molecule has 0 aliphatic carbocycles. The van der Waals surface area contributed by atoms with Gasteiger partial charge >= 0.3 is 0 Å². The van der Waals surface area contributed by atoms with E-state index in [1.807, 2.05) is 55.5 Å². The fourth-order valence-electron chi connectivity index (χ4n) is 2.66. The zero-order valence-corrected chi connectivity index (χ0v) is 15.2. The molecule has 0 aliphatic heterocycles. The summed E-state index contributed by atoms with van der Waals surface area (Å²) in [5, 5.41) is 16.4. The number of nitrogens with zero attached hydrogens (tertiary/aromatic N) is 4. The molecule has 7 heteroatoms. The third-order valence-corrected chi connectivity index (χ3v) is 5.09. The molecule has 0 saturated heterocycles. The molecule has 0 fully saturated rings. The van der Waals surface area contributed by atoms with Crippen molar-refractivity contribution < 1.29 is 4.79 Å². The van der Waals surface area contributed by atoms with E-state index < -0.39 is 0 Å². The Balaban J connectivity index is 1.57. The van der Waals surface area contributed by atoms with Crippen molar-refractivity contribution in [1.29, 1.82) is 0 Å². The first kappa shape index (κ1) is 16.4. The van der Waals surface area contributed by atoms with Crippen molar-refractivity contribution in [3.8, 4) is 10.6 Å². The van der Waals surface area contributed by atoms with E-state index in [2.05, 4.69) is 27.5 Å². The number of rotatable bonds is 4. The van der Waals surface area contributed by atoms with Crippen molar-refractivity contribution >= 4 is 27.9 Å². The maximum Gasteiger partial charge on any atom is 0.255 e. The Morgan fingerprint density at radius 1 is 1.15 bits per heavy atom. The van der Waals surface area contributed by atoms with E-state index in [1.165, 1.54) is 16.9 Å². The second kappa shape index (κ2) is 6.68. The molecule has 0 radical (unpaired) electrons. The summed E-state index contributed by atoms with van der Waals surface area (Å²) in [5.41, 5.74) is 3.51. The molecule has 2 aromatic carbocycles. The Morgan fingerprint density at radius 3 is 2.69 bits per heavy atom. The minimum absolute atomic E-state index is 0.126. The normalized spacial score (nSPS) is 11.0. The van der Waals surface area contributed by atoms with E-state index in [1.54, 1.807) is 4.52 Å². The van der Waals surface area contributed by atoms with E-state index in [9.17, 15) is 4.79 Å². The van der Waals surface area contributed by atoms with Gasteiger partial charge in [-0.05, 0) is 43.2 Å². The fourth-order valence-corrected chi connectivity index (χ4v) is 3.54. The molecule has 130 valence electrons. The van der Waals surface area contributed by atoms with E-state index in [0.29, 0.717) is 5.56 Å². The van der Waals surface area contributed by atoms with Gasteiger partial charge in [0.2, 0.25) is 4.96 Å². The van der Waals surface area contributed by atoms with Crippen LogP contribution in [-0.2, 0) is 6.42 Å². The van der Waals surface area contributed by atoms with Gasteiger partial charge in [0.05, 0.1) is 0 Å². The number of anilines is 1. The van der Waals surface area contributed by atoms with Crippen molar-refractivity contribution in [3.05, 3.63) is 65.5 Å². The van der Waals surface area contributed by atoms with Crippen LogP contribution in [-0.4, -0.2) is 25.7 Å². The Hall–Kier alpha value is -3.06. The minimum Gasteiger partial charge on any atom is -0.322 e. The van der Waals surface area contributed by atoms with Crippen LogP contribution < -0.4 is 5.32 Å². The van der Waals surface area contributed by atoms with Crippen molar-refractivity contribution in [2.24, 2.45) is 0 Å². The zero-order valence-electron chi connectivity index (χ0n) is 14.4. The van der Waals surface area contributed by atoms with Gasteiger partial charge in [-0.1, -0.05) is 42.5 Å². The topological polar surface area (TPSA) is 72.2 Å². The van der Waals surface area contributed by atoms with Crippen LogP contribution in [0.4, 0.5) is 5.69 Å². The molecule has 4 aromatic rings. The average molecular weight is 363 g/mol. The van der Waals surface area contributed by atoms with Crippen LogP contribution >= 0.6 is 11.3 Å². The third-order valence-electron chi connectivity index (χ3n) is 4.14. The quantitative estimate of drug-likeness (QED) is 0.595. The Bertz CT molecular complexity index is 1080. The van der Waals surface area contributed by atoms with Crippen LogP contribution in [0.25, 0.3) is 15.5 Å². The van der Waals surface area contributed by atoms with Crippen LogP contribution in [0.15, 0.2) is 48.5 Å². The molecule has 0 unspecified atom stereocenters. The highest BCUT2D eigenvalue weighted by atomic mass is 32.1. The van der Waals surface area contributed by atoms with E-state index in [0.717, 1.165) is 33.5 Å². The van der Waals surface area contributed by atoms with Gasteiger partial charge in [-0.2, -0.15) is 9.61 Å². The largest absolute Gasteiger partial charge is 0.322 e. The molecule has 4 rings (SSSR count). The van der Waals surface area contributed by atoms with E-state index >= 15 is 0 Å². The monoisotopic (exact) mass is 363 g/mol. The molecule has 1 N–H and O–H groups in total. The number of aromatic nitrogens is 4. The lowest BCUT2D eigenvalue weighted by molar-refractivity contribution is 0.102. The standard InChI is InChI=1S/C19H17N5OS/c1-3-13-7-9-14(10-8-13)17(25)20-16-6-4-5-15(11-16)18-23-24-12(2)21-22-19(24)26-18/h4-11H,3H2,1-2H3,(H,20,25). The Kier molecular flexibility index (Phi) is 4.22. The second-order valence-electron chi connectivity index (χ2n) is 5.93. The summed E-state index contributed by atoms with van der Waals surface area (Å²) in [6.45, 7) is 3.96. The molecule has 0 spiro atoms. The molecule has 26 heavy (non-hydrogen) atoms. The number of fused-ring (bicyclic) bond motifs is 1. The number of hydrogen-bond donors (Lipinski definition) is 1. The van der Waals surface area contributed by atoms with Gasteiger partial charge in [0.25, 0.3) is 5.91 Å². The third kappa shape index (κ3) is 3.09. The number of nitrogens with one attached hydrogen (secondary N) is 1. The van der Waals surface area contributed by atoms with E-state index in [-0.39, 0.29) is 5.91 Å². The molecular formula is C19H17N5OS. The SMILES string of the molecule is CCc1ccc(C(=O)Nc2cccc(-c3nn4c(C)nnc4s3)c2)cc1. The highest BCUT2D eigenvalue weighted by Crippen LogP contribution is 2.27. The van der Waals surface area contributed by atoms with Crippen LogP contribution in [0.5, 0.6) is 0 Å². The first-order chi connectivity index (χ1) is 12.6. The minimum atomic E-state index is -0.126. The predicted molar refractivity (Wildman–Crippen MR) is 103 cm³/mol. The fraction of sp³-hybridized carbons (Fsp3) is 0.158. The van der Waals surface area contributed by atoms with Gasteiger partial charge in [-0.3, -0.25) is 4.79 Å². The molecule has 0 atom stereocenters. The number of carbonyl (C=O) groups is 1. The summed E-state index contributed by atoms with van der Waals surface area (Å²) < 4.78 is 1.72. The van der Waals surface area contributed by atoms with Crippen molar-refractivity contribution in [2.45, 2.75) is 20.3 Å². The Morgan fingerprint density at radius 2 is 1.96 bits per heavy atom. The summed E-state index contributed by atoms with van der Waals surface area (Å²) in [4.78, 5) is 13.2. The summed E-state index contributed by atoms with van der Waals surface area (Å²) in [5.74, 6) is 0.626. The lowest BCUT2D eigenvalue weighted by Crippen LogP contribution is -2.11. The Labute approximate surface area is 154 Å². The van der Waals surface area contributed by atoms with Gasteiger partial charge < -0.3 is 5.32 Å². The lowest BCUT2D eigenvalue weighted by atomic mass is 10.1. The van der Waals surface area contributed by atoms with Crippen molar-refractivity contribution in [3.63, 3.8) is 0 Å². The van der Waals surface area contributed by atoms with Crippen molar-refractivity contribution in [1.82, 2.24) is 19.8 Å². The van der Waals surface area contributed by atoms with Crippen LogP contribution in [0.3, 0.4) is 0 Å². The van der Waals surface area contributed by atoms with Crippen LogP contribution in [0.2, 0.25) is 0 Å². The first-order valence-electron chi connectivity index (χ1n) is 8.33. The van der Waals surface area contributed by atoms with E-state index in [4.69, 9.17) is 0 Å². The maximum absolute atomic E-state index is 12.5. The summed E-state index contributed by atoms with van der Waals surface area (Å²) in [6.07, 6.45) is 0.955. The van der Waals surface area contributed by atoms with Crippen molar-refractivity contribution in [2.75, 3.05) is 5.32 Å². The zero-order chi connectivity index (χ0) is 18.1. The highest BCUT2D eigenvalue weighted by Gasteiger charge is 2.12. The number of benzene rings is 2.